The number of hydrogen-bond acceptors (Lipinski definition) is 9. The molecule has 0 atom stereocenters. The highest BCUT2D eigenvalue weighted by Gasteiger charge is 2.21. The predicted octanol–water partition coefficient (Wildman–Crippen LogP) is 1.58. The number of aromatic nitrogens is 3. The zero-order valence-electron chi connectivity index (χ0n) is 17.7. The van der Waals surface area contributed by atoms with Crippen molar-refractivity contribution in [2.24, 2.45) is 4.99 Å². The molecule has 0 saturated carbocycles. The van der Waals surface area contributed by atoms with Crippen LogP contribution in [0.4, 0.5) is 10.9 Å². The number of thiazole rings is 1. The Morgan fingerprint density at radius 2 is 2.26 bits per heavy atom. The van der Waals surface area contributed by atoms with Crippen LogP contribution in [0.15, 0.2) is 23.3 Å². The van der Waals surface area contributed by atoms with Gasteiger partial charge in [-0.25, -0.2) is 9.97 Å². The maximum absolute atomic E-state index is 12.6. The summed E-state index contributed by atoms with van der Waals surface area (Å²) in [6.45, 7) is 2.85. The van der Waals surface area contributed by atoms with Gasteiger partial charge >= 0.3 is 0 Å². The molecule has 0 saturated heterocycles. The van der Waals surface area contributed by atoms with E-state index in [0.717, 1.165) is 42.1 Å². The van der Waals surface area contributed by atoms with Crippen LogP contribution in [0.3, 0.4) is 0 Å². The SMILES string of the molecule is COc1c(OCCCN(C)C)ccc2c3n(c(=NC(=O)c4cnc(N)s4)nc12)CCN3. The van der Waals surface area contributed by atoms with Crippen LogP contribution in [0.1, 0.15) is 16.1 Å². The molecular formula is C20H25N7O3S. The Balaban J connectivity index is 1.77. The molecule has 1 amide bonds. The molecule has 3 N–H and O–H groups in total. The van der Waals surface area contributed by atoms with Crippen molar-refractivity contribution in [1.29, 1.82) is 0 Å². The summed E-state index contributed by atoms with van der Waals surface area (Å²) in [4.78, 5) is 28.0. The van der Waals surface area contributed by atoms with E-state index < -0.39 is 5.91 Å². The molecule has 10 nitrogen and oxygen atoms in total. The summed E-state index contributed by atoms with van der Waals surface area (Å²) in [5.41, 5.74) is 6.53. The lowest BCUT2D eigenvalue weighted by Crippen LogP contribution is -2.25. The maximum Gasteiger partial charge on any atom is 0.292 e. The topological polar surface area (TPSA) is 120 Å². The van der Waals surface area contributed by atoms with Gasteiger partial charge in [-0.1, -0.05) is 11.3 Å². The fourth-order valence-electron chi connectivity index (χ4n) is 3.44. The number of carbonyl (C=O) groups excluding carboxylic acids is 1. The smallest absolute Gasteiger partial charge is 0.292 e. The number of fused-ring (bicyclic) bond motifs is 3. The van der Waals surface area contributed by atoms with E-state index in [4.69, 9.17) is 15.2 Å². The van der Waals surface area contributed by atoms with Crippen molar-refractivity contribution in [3.05, 3.63) is 28.8 Å². The number of ether oxygens (including phenoxy) is 2. The summed E-state index contributed by atoms with van der Waals surface area (Å²) in [5, 5.41) is 4.56. The molecule has 0 fully saturated rings. The Kier molecular flexibility index (Phi) is 6.05. The van der Waals surface area contributed by atoms with Gasteiger partial charge in [0.05, 0.1) is 19.9 Å². The number of hydrogen-bond donors (Lipinski definition) is 2. The number of nitrogens with one attached hydrogen (secondary N) is 1. The zero-order chi connectivity index (χ0) is 22.0. The van der Waals surface area contributed by atoms with Crippen LogP contribution in [0.5, 0.6) is 11.5 Å². The number of nitrogen functional groups attached to an aromatic ring is 1. The van der Waals surface area contributed by atoms with Crippen molar-refractivity contribution in [3.8, 4) is 11.5 Å². The van der Waals surface area contributed by atoms with E-state index in [1.54, 1.807) is 7.11 Å². The van der Waals surface area contributed by atoms with Gasteiger partial charge in [0.1, 0.15) is 16.2 Å². The fourth-order valence-corrected chi connectivity index (χ4v) is 4.01. The van der Waals surface area contributed by atoms with Crippen molar-refractivity contribution in [2.75, 3.05) is 52.0 Å². The van der Waals surface area contributed by atoms with Crippen molar-refractivity contribution in [3.63, 3.8) is 0 Å². The predicted molar refractivity (Wildman–Crippen MR) is 120 cm³/mol. The lowest BCUT2D eigenvalue weighted by molar-refractivity contribution is 0.1000. The number of benzene rings is 1. The third-order valence-electron chi connectivity index (χ3n) is 4.85. The quantitative estimate of drug-likeness (QED) is 0.528. The number of nitrogens with zero attached hydrogens (tertiary/aromatic N) is 5. The number of nitrogens with two attached hydrogens (primary N) is 1. The molecule has 0 unspecified atom stereocenters. The molecule has 0 radical (unpaired) electrons. The minimum Gasteiger partial charge on any atom is -0.491 e. The van der Waals surface area contributed by atoms with Gasteiger partial charge in [0.25, 0.3) is 5.91 Å². The Morgan fingerprint density at radius 1 is 1.42 bits per heavy atom. The minimum absolute atomic E-state index is 0.299. The van der Waals surface area contributed by atoms with Crippen LogP contribution >= 0.6 is 11.3 Å². The van der Waals surface area contributed by atoms with E-state index in [1.807, 2.05) is 30.8 Å². The molecular weight excluding hydrogens is 418 g/mol. The Morgan fingerprint density at radius 3 is 2.97 bits per heavy atom. The number of methoxy groups -OCH3 is 1. The first kappa shape index (κ1) is 21.1. The van der Waals surface area contributed by atoms with Crippen LogP contribution in [-0.4, -0.2) is 66.2 Å². The van der Waals surface area contributed by atoms with Gasteiger partial charge in [0.2, 0.25) is 5.62 Å². The van der Waals surface area contributed by atoms with E-state index in [2.05, 4.69) is 25.2 Å². The first-order chi connectivity index (χ1) is 15.0. The third-order valence-corrected chi connectivity index (χ3v) is 5.66. The van der Waals surface area contributed by atoms with Gasteiger partial charge < -0.3 is 25.4 Å². The van der Waals surface area contributed by atoms with Crippen LogP contribution in [0.25, 0.3) is 10.9 Å². The third kappa shape index (κ3) is 4.32. The van der Waals surface area contributed by atoms with Crippen molar-refractivity contribution < 1.29 is 14.3 Å². The molecule has 0 spiro atoms. The Bertz CT molecular complexity index is 1190. The largest absolute Gasteiger partial charge is 0.491 e. The highest BCUT2D eigenvalue weighted by atomic mass is 32.1. The van der Waals surface area contributed by atoms with E-state index in [1.165, 1.54) is 6.20 Å². The molecule has 1 aliphatic rings. The second kappa shape index (κ2) is 8.90. The second-order valence-corrected chi connectivity index (χ2v) is 8.38. The van der Waals surface area contributed by atoms with E-state index >= 15 is 0 Å². The number of carbonyl (C=O) groups is 1. The maximum atomic E-state index is 12.6. The number of amides is 1. The van der Waals surface area contributed by atoms with Crippen molar-refractivity contribution >= 4 is 39.1 Å². The molecule has 4 rings (SSSR count). The van der Waals surface area contributed by atoms with Crippen LogP contribution in [0.2, 0.25) is 0 Å². The van der Waals surface area contributed by atoms with E-state index in [0.29, 0.717) is 45.8 Å². The highest BCUT2D eigenvalue weighted by molar-refractivity contribution is 7.17. The van der Waals surface area contributed by atoms with Gasteiger partial charge in [-0.15, -0.1) is 0 Å². The fraction of sp³-hybridized carbons (Fsp3) is 0.400. The van der Waals surface area contributed by atoms with Gasteiger partial charge in [-0.3, -0.25) is 9.36 Å². The molecule has 11 heteroatoms. The molecule has 1 aliphatic heterocycles. The highest BCUT2D eigenvalue weighted by Crippen LogP contribution is 2.37. The van der Waals surface area contributed by atoms with Crippen LogP contribution in [0, 0.1) is 0 Å². The number of rotatable bonds is 7. The van der Waals surface area contributed by atoms with Crippen molar-refractivity contribution in [2.45, 2.75) is 13.0 Å². The normalized spacial score (nSPS) is 13.5. The van der Waals surface area contributed by atoms with E-state index in [-0.39, 0.29) is 0 Å². The molecule has 2 aromatic heterocycles. The zero-order valence-corrected chi connectivity index (χ0v) is 18.5. The summed E-state index contributed by atoms with van der Waals surface area (Å²) >= 11 is 1.10. The summed E-state index contributed by atoms with van der Waals surface area (Å²) < 4.78 is 13.5. The second-order valence-electron chi connectivity index (χ2n) is 7.32. The molecule has 3 aromatic rings. The average molecular weight is 444 g/mol. The first-order valence-electron chi connectivity index (χ1n) is 9.91. The summed E-state index contributed by atoms with van der Waals surface area (Å²) in [7, 11) is 5.64. The summed E-state index contributed by atoms with van der Waals surface area (Å²) in [6, 6.07) is 3.84. The van der Waals surface area contributed by atoms with Gasteiger partial charge in [-0.2, -0.15) is 4.99 Å². The molecule has 1 aromatic carbocycles. The first-order valence-corrected chi connectivity index (χ1v) is 10.7. The van der Waals surface area contributed by atoms with Gasteiger partial charge in [0, 0.05) is 25.0 Å². The molecule has 0 bridgehead atoms. The minimum atomic E-state index is -0.433. The van der Waals surface area contributed by atoms with Crippen LogP contribution in [-0.2, 0) is 6.54 Å². The van der Waals surface area contributed by atoms with E-state index in [9.17, 15) is 4.79 Å². The van der Waals surface area contributed by atoms with Gasteiger partial charge in [-0.05, 0) is 32.6 Å². The summed E-state index contributed by atoms with van der Waals surface area (Å²) in [6.07, 6.45) is 2.31. The molecule has 31 heavy (non-hydrogen) atoms. The standard InChI is InChI=1S/C20H25N7O3S/c1-26(2)8-4-10-30-13-6-5-12-15(16(13)29-3)24-20(27-9-7-22-17(12)27)25-18(28)14-11-23-19(21)31-14/h5-6,11,22H,4,7-10H2,1-3H3,(H2,21,23). The molecule has 3 heterocycles. The van der Waals surface area contributed by atoms with Crippen LogP contribution < -0.4 is 26.1 Å². The lowest BCUT2D eigenvalue weighted by atomic mass is 10.2. The molecule has 0 aliphatic carbocycles. The number of anilines is 2. The Hall–Kier alpha value is -3.18. The lowest BCUT2D eigenvalue weighted by Gasteiger charge is -2.15. The summed E-state index contributed by atoms with van der Waals surface area (Å²) in [5.74, 6) is 1.54. The van der Waals surface area contributed by atoms with Crippen molar-refractivity contribution in [1.82, 2.24) is 19.4 Å². The molecule has 164 valence electrons. The Labute approximate surface area is 183 Å². The average Bonchev–Trinajstić information content (AvgIpc) is 3.40. The monoisotopic (exact) mass is 443 g/mol. The van der Waals surface area contributed by atoms with Gasteiger partial charge in [0.15, 0.2) is 16.6 Å².